The van der Waals surface area contributed by atoms with Crippen molar-refractivity contribution in [2.45, 2.75) is 83.2 Å². The Morgan fingerprint density at radius 1 is 1.22 bits per heavy atom. The second kappa shape index (κ2) is 11.1. The van der Waals surface area contributed by atoms with Gasteiger partial charge in [0, 0.05) is 23.7 Å². The molecule has 0 radical (unpaired) electrons. The topological polar surface area (TPSA) is 64.9 Å². The number of aromatic nitrogens is 1. The summed E-state index contributed by atoms with van der Waals surface area (Å²) in [4.78, 5) is 19.1. The molecule has 2 aliphatic heterocycles. The van der Waals surface area contributed by atoms with Crippen LogP contribution in [0.5, 0.6) is 5.75 Å². The number of piperidine rings is 1. The summed E-state index contributed by atoms with van der Waals surface area (Å²) in [5.41, 5.74) is -1.26. The third-order valence-corrected chi connectivity index (χ3v) is 7.92. The Kier molecular flexibility index (Phi) is 8.26. The largest absolute Gasteiger partial charge is 0.491 e. The highest BCUT2D eigenvalue weighted by molar-refractivity contribution is 7.09. The van der Waals surface area contributed by atoms with Gasteiger partial charge in [-0.3, -0.25) is 4.79 Å². The van der Waals surface area contributed by atoms with E-state index in [0.717, 1.165) is 55.7 Å². The molecule has 1 amide bonds. The minimum Gasteiger partial charge on any atom is -0.491 e. The number of ether oxygens (including phenoxy) is 2. The molecule has 2 aromatic rings. The predicted octanol–water partition coefficient (Wildman–Crippen LogP) is 5.31. The van der Waals surface area contributed by atoms with E-state index in [-0.39, 0.29) is 35.5 Å². The zero-order chi connectivity index (χ0) is 25.9. The van der Waals surface area contributed by atoms with Crippen LogP contribution in [-0.4, -0.2) is 42.4 Å². The van der Waals surface area contributed by atoms with Crippen LogP contribution in [0.1, 0.15) is 73.7 Å². The van der Waals surface area contributed by atoms with Crippen LogP contribution in [0.2, 0.25) is 0 Å². The van der Waals surface area contributed by atoms with Crippen LogP contribution < -0.4 is 14.9 Å². The van der Waals surface area contributed by atoms with E-state index in [0.29, 0.717) is 18.0 Å². The van der Waals surface area contributed by atoms with E-state index in [1.54, 1.807) is 0 Å². The zero-order valence-corrected chi connectivity index (χ0v) is 21.8. The van der Waals surface area contributed by atoms with Crippen molar-refractivity contribution in [2.24, 2.45) is 4.99 Å². The maximum Gasteiger partial charge on any atom is 0.416 e. The maximum atomic E-state index is 13.5. The van der Waals surface area contributed by atoms with Crippen LogP contribution in [0, 0.1) is 0 Å². The fourth-order valence-electron chi connectivity index (χ4n) is 4.36. The lowest BCUT2D eigenvalue weighted by Crippen LogP contribution is -2.38. The van der Waals surface area contributed by atoms with Crippen LogP contribution in [0.25, 0.3) is 0 Å². The van der Waals surface area contributed by atoms with Gasteiger partial charge in [-0.15, -0.1) is 11.3 Å². The van der Waals surface area contributed by atoms with Crippen LogP contribution >= 0.6 is 11.3 Å². The summed E-state index contributed by atoms with van der Waals surface area (Å²) in [6.45, 7) is 8.60. The number of alkyl halides is 3. The van der Waals surface area contributed by atoms with Crippen LogP contribution in [0.15, 0.2) is 29.4 Å². The average molecular weight is 526 g/mol. The number of amides is 1. The van der Waals surface area contributed by atoms with Crippen molar-refractivity contribution in [3.05, 3.63) is 45.2 Å². The quantitative estimate of drug-likeness (QED) is 0.556. The number of hydrogen-bond donors (Lipinski definition) is 1. The van der Waals surface area contributed by atoms with Gasteiger partial charge in [-0.1, -0.05) is 27.2 Å². The number of nitrogens with zero attached hydrogens (tertiary/aromatic N) is 2. The van der Waals surface area contributed by atoms with Crippen molar-refractivity contribution in [2.75, 3.05) is 19.8 Å². The molecule has 0 spiro atoms. The molecule has 2 aliphatic rings. The van der Waals surface area contributed by atoms with Gasteiger partial charge in [0.05, 0.1) is 23.8 Å². The first-order chi connectivity index (χ1) is 17.0. The highest BCUT2D eigenvalue weighted by Crippen LogP contribution is 2.33. The Morgan fingerprint density at radius 2 is 2.03 bits per heavy atom. The maximum absolute atomic E-state index is 13.5. The lowest BCUT2D eigenvalue weighted by atomic mass is 9.95. The number of rotatable bonds is 6. The Morgan fingerprint density at radius 3 is 2.67 bits per heavy atom. The van der Waals surface area contributed by atoms with Gasteiger partial charge >= 0.3 is 6.18 Å². The van der Waals surface area contributed by atoms with Gasteiger partial charge in [0.2, 0.25) is 0 Å². The highest BCUT2D eigenvalue weighted by Gasteiger charge is 2.32. The summed E-state index contributed by atoms with van der Waals surface area (Å²) in [6, 6.07) is 3.12. The van der Waals surface area contributed by atoms with Crippen LogP contribution in [-0.2, 0) is 22.9 Å². The Balaban J connectivity index is 1.68. The number of benzene rings is 1. The number of carbonyl (C=O) groups is 1. The lowest BCUT2D eigenvalue weighted by molar-refractivity contribution is -0.137. The van der Waals surface area contributed by atoms with E-state index >= 15 is 0 Å². The second-order valence-corrected chi connectivity index (χ2v) is 11.5. The van der Waals surface area contributed by atoms with Crippen molar-refractivity contribution in [3.63, 3.8) is 0 Å². The summed E-state index contributed by atoms with van der Waals surface area (Å²) >= 11 is 1.37. The van der Waals surface area contributed by atoms with Gasteiger partial charge in [0.1, 0.15) is 12.4 Å². The fraction of sp³-hybridized carbons (Fsp3) is 0.615. The molecule has 0 aliphatic carbocycles. The number of hydrogen-bond acceptors (Lipinski definition) is 5. The Hall–Kier alpha value is -2.17. The summed E-state index contributed by atoms with van der Waals surface area (Å²) in [7, 11) is 0. The van der Waals surface area contributed by atoms with Crippen molar-refractivity contribution < 1.29 is 27.4 Å². The Bertz CT molecular complexity index is 1120. The first kappa shape index (κ1) is 26.9. The number of thiazole rings is 1. The molecular weight excluding hydrogens is 491 g/mol. The lowest BCUT2D eigenvalue weighted by Gasteiger charge is -2.24. The summed E-state index contributed by atoms with van der Waals surface area (Å²) in [5, 5.41) is 3.35. The summed E-state index contributed by atoms with van der Waals surface area (Å²) < 4.78 is 54.0. The minimum atomic E-state index is -4.58. The molecule has 4 rings (SSSR count). The predicted molar refractivity (Wildman–Crippen MR) is 132 cm³/mol. The van der Waals surface area contributed by atoms with E-state index in [2.05, 4.69) is 31.1 Å². The smallest absolute Gasteiger partial charge is 0.416 e. The fourth-order valence-corrected chi connectivity index (χ4v) is 5.41. The molecule has 10 heteroatoms. The molecule has 1 N–H and O–H groups in total. The second-order valence-electron chi connectivity index (χ2n) is 10.5. The molecule has 0 unspecified atom stereocenters. The van der Waals surface area contributed by atoms with Crippen LogP contribution in [0.3, 0.4) is 0 Å². The first-order valence-corrected chi connectivity index (χ1v) is 13.3. The van der Waals surface area contributed by atoms with Gasteiger partial charge in [0.25, 0.3) is 5.91 Å². The normalized spacial score (nSPS) is 21.7. The summed E-state index contributed by atoms with van der Waals surface area (Å²) in [5.74, 6) is -0.640. The van der Waals surface area contributed by atoms with E-state index in [1.165, 1.54) is 17.4 Å². The third-order valence-electron chi connectivity index (χ3n) is 6.47. The van der Waals surface area contributed by atoms with E-state index in [9.17, 15) is 18.0 Å². The third kappa shape index (κ3) is 6.77. The molecule has 1 aromatic carbocycles. The monoisotopic (exact) mass is 525 g/mol. The van der Waals surface area contributed by atoms with Gasteiger partial charge in [-0.05, 0) is 55.8 Å². The molecule has 6 nitrogen and oxygen atoms in total. The number of nitrogens with one attached hydrogen (secondary N) is 1. The Labute approximate surface area is 213 Å². The van der Waals surface area contributed by atoms with Crippen molar-refractivity contribution in [1.82, 2.24) is 9.88 Å². The van der Waals surface area contributed by atoms with Crippen molar-refractivity contribution >= 4 is 17.2 Å². The van der Waals surface area contributed by atoms with Gasteiger partial charge in [-0.25, -0.2) is 0 Å². The molecule has 1 aromatic heterocycles. The highest BCUT2D eigenvalue weighted by atomic mass is 32.1. The first-order valence-electron chi connectivity index (χ1n) is 12.5. The molecule has 3 heterocycles. The molecule has 2 fully saturated rings. The van der Waals surface area contributed by atoms with Gasteiger partial charge < -0.3 is 19.4 Å². The molecule has 0 saturated carbocycles. The number of carbonyl (C=O) groups excluding carboxylic acids is 1. The van der Waals surface area contributed by atoms with Crippen molar-refractivity contribution in [3.8, 4) is 5.75 Å². The van der Waals surface area contributed by atoms with E-state index < -0.39 is 17.6 Å². The minimum absolute atomic E-state index is 0.0249. The standard InChI is InChI=1S/C26H34F3N3O3S/c1-25(2,3)22-15-32(14-19-8-6-12-34-19)24(36-22)31-23(33)20-13-17(26(27,28)29)9-10-21(20)35-16-18-7-4-5-11-30-18/h9-10,13,15,18-19,30H,4-8,11-12,14,16H2,1-3H3/b31-24-/t18-,19+/m0/s1. The molecule has 198 valence electrons. The molecule has 2 atom stereocenters. The zero-order valence-electron chi connectivity index (χ0n) is 21.0. The van der Waals surface area contributed by atoms with Crippen LogP contribution in [0.4, 0.5) is 13.2 Å². The molecule has 0 bridgehead atoms. The molecule has 36 heavy (non-hydrogen) atoms. The summed E-state index contributed by atoms with van der Waals surface area (Å²) in [6.07, 6.45) is 2.38. The molecular formula is C26H34F3N3O3S. The van der Waals surface area contributed by atoms with Gasteiger partial charge in [-0.2, -0.15) is 18.2 Å². The van der Waals surface area contributed by atoms with E-state index in [1.807, 2.05) is 10.8 Å². The average Bonchev–Trinajstić information content (AvgIpc) is 3.48. The van der Waals surface area contributed by atoms with Crippen molar-refractivity contribution in [1.29, 1.82) is 0 Å². The van der Waals surface area contributed by atoms with Gasteiger partial charge in [0.15, 0.2) is 4.80 Å². The number of halogens is 3. The van der Waals surface area contributed by atoms with E-state index in [4.69, 9.17) is 9.47 Å². The molecule has 2 saturated heterocycles. The SMILES string of the molecule is CC(C)(C)c1cn(C[C@H]2CCCO2)/c(=N/C(=O)c2cc(C(F)(F)F)ccc2OC[C@@H]2CCCCN2)s1.